The van der Waals surface area contributed by atoms with Crippen molar-refractivity contribution in [2.75, 3.05) is 6.54 Å². The van der Waals surface area contributed by atoms with Crippen LogP contribution in [0.15, 0.2) is 30.3 Å². The summed E-state index contributed by atoms with van der Waals surface area (Å²) in [6, 6.07) is 10.7. The topological polar surface area (TPSA) is 46.3 Å². The molecular weight excluding hydrogens is 248 g/mol. The van der Waals surface area contributed by atoms with Crippen molar-refractivity contribution in [1.29, 1.82) is 0 Å². The summed E-state index contributed by atoms with van der Waals surface area (Å²) < 4.78 is 0. The molecule has 20 heavy (non-hydrogen) atoms. The number of amides is 1. The zero-order chi connectivity index (χ0) is 14.6. The molecule has 1 aromatic carbocycles. The highest BCUT2D eigenvalue weighted by Crippen LogP contribution is 2.35. The van der Waals surface area contributed by atoms with Crippen molar-refractivity contribution in [3.05, 3.63) is 35.9 Å². The average molecular weight is 274 g/mol. The van der Waals surface area contributed by atoms with Crippen LogP contribution in [0.4, 0.5) is 0 Å². The van der Waals surface area contributed by atoms with E-state index in [4.69, 9.17) is 5.73 Å². The van der Waals surface area contributed by atoms with Crippen molar-refractivity contribution in [2.45, 2.75) is 52.1 Å². The van der Waals surface area contributed by atoms with Gasteiger partial charge < -0.3 is 10.6 Å². The van der Waals surface area contributed by atoms with Crippen molar-refractivity contribution in [1.82, 2.24) is 4.90 Å². The third-order valence-electron chi connectivity index (χ3n) is 4.64. The summed E-state index contributed by atoms with van der Waals surface area (Å²) in [6.07, 6.45) is 3.90. The summed E-state index contributed by atoms with van der Waals surface area (Å²) in [5.74, 6) is 0.247. The molecule has 0 spiro atoms. The van der Waals surface area contributed by atoms with Crippen LogP contribution >= 0.6 is 0 Å². The summed E-state index contributed by atoms with van der Waals surface area (Å²) in [5, 5.41) is 0. The number of carbonyl (C=O) groups is 1. The van der Waals surface area contributed by atoms with Gasteiger partial charge in [-0.1, -0.05) is 44.2 Å². The van der Waals surface area contributed by atoms with Crippen LogP contribution in [0, 0.1) is 5.41 Å². The minimum atomic E-state index is -0.378. The van der Waals surface area contributed by atoms with Crippen molar-refractivity contribution in [2.24, 2.45) is 11.1 Å². The summed E-state index contributed by atoms with van der Waals surface area (Å²) in [5.41, 5.74) is 6.76. The Morgan fingerprint density at radius 3 is 2.30 bits per heavy atom. The first-order chi connectivity index (χ1) is 9.66. The fourth-order valence-corrected chi connectivity index (χ4v) is 2.77. The lowest BCUT2D eigenvalue weighted by Gasteiger charge is -2.35. The fraction of sp³-hybridized carbons (Fsp3) is 0.588. The van der Waals surface area contributed by atoms with Crippen LogP contribution in [-0.2, 0) is 11.3 Å². The van der Waals surface area contributed by atoms with Gasteiger partial charge in [-0.15, -0.1) is 0 Å². The Labute approximate surface area is 122 Å². The summed E-state index contributed by atoms with van der Waals surface area (Å²) >= 11 is 0. The molecule has 1 saturated carbocycles. The predicted molar refractivity (Wildman–Crippen MR) is 82.1 cm³/mol. The smallest absolute Gasteiger partial charge is 0.230 e. The number of nitrogens with two attached hydrogens (primary N) is 1. The molecule has 1 aliphatic carbocycles. The van der Waals surface area contributed by atoms with Gasteiger partial charge in [0.05, 0.1) is 5.41 Å². The Hall–Kier alpha value is -1.35. The first-order valence-corrected chi connectivity index (χ1v) is 7.72. The van der Waals surface area contributed by atoms with E-state index >= 15 is 0 Å². The van der Waals surface area contributed by atoms with Gasteiger partial charge in [-0.05, 0) is 31.2 Å². The first-order valence-electron chi connectivity index (χ1n) is 7.72. The maximum Gasteiger partial charge on any atom is 0.230 e. The number of benzene rings is 1. The van der Waals surface area contributed by atoms with E-state index in [9.17, 15) is 4.79 Å². The monoisotopic (exact) mass is 274 g/mol. The molecule has 2 N–H and O–H groups in total. The van der Waals surface area contributed by atoms with E-state index in [2.05, 4.69) is 30.9 Å². The molecule has 110 valence electrons. The molecule has 3 heteroatoms. The number of carbonyl (C=O) groups excluding carboxylic acids is 1. The second-order valence-corrected chi connectivity index (χ2v) is 5.84. The zero-order valence-corrected chi connectivity index (χ0v) is 12.6. The number of hydrogen-bond acceptors (Lipinski definition) is 2. The Morgan fingerprint density at radius 2 is 1.85 bits per heavy atom. The molecule has 0 saturated heterocycles. The molecule has 2 rings (SSSR count). The number of rotatable bonds is 7. The van der Waals surface area contributed by atoms with Gasteiger partial charge in [0, 0.05) is 19.1 Å². The van der Waals surface area contributed by atoms with Crippen molar-refractivity contribution < 1.29 is 4.79 Å². The average Bonchev–Trinajstić information content (AvgIpc) is 3.33. The first kappa shape index (κ1) is 15.0. The van der Waals surface area contributed by atoms with Crippen LogP contribution in [0.25, 0.3) is 0 Å². The van der Waals surface area contributed by atoms with Gasteiger partial charge in [-0.25, -0.2) is 0 Å². The van der Waals surface area contributed by atoms with E-state index < -0.39 is 0 Å². The predicted octanol–water partition coefficient (Wildman–Crippen LogP) is 2.94. The minimum absolute atomic E-state index is 0.247. The fourth-order valence-electron chi connectivity index (χ4n) is 2.77. The molecule has 1 aliphatic rings. The summed E-state index contributed by atoms with van der Waals surface area (Å²) in [6.45, 7) is 5.30. The standard InChI is InChI=1S/C17H26N2O/c1-3-17(4-2,13-18)16(20)19(15-10-11-15)12-14-8-6-5-7-9-14/h5-9,15H,3-4,10-13,18H2,1-2H3. The van der Waals surface area contributed by atoms with Crippen LogP contribution in [0.3, 0.4) is 0 Å². The molecule has 0 aromatic heterocycles. The van der Waals surface area contributed by atoms with E-state index in [0.29, 0.717) is 19.1 Å². The van der Waals surface area contributed by atoms with Crippen LogP contribution in [0.1, 0.15) is 45.1 Å². The third-order valence-corrected chi connectivity index (χ3v) is 4.64. The SMILES string of the molecule is CCC(CC)(CN)C(=O)N(Cc1ccccc1)C1CC1. The Kier molecular flexibility index (Phi) is 4.81. The molecular formula is C17H26N2O. The van der Waals surface area contributed by atoms with Gasteiger partial charge in [0.15, 0.2) is 0 Å². The number of hydrogen-bond donors (Lipinski definition) is 1. The van der Waals surface area contributed by atoms with Crippen molar-refractivity contribution >= 4 is 5.91 Å². The van der Waals surface area contributed by atoms with Gasteiger partial charge in [0.1, 0.15) is 0 Å². The lowest BCUT2D eigenvalue weighted by molar-refractivity contribution is -0.143. The maximum absolute atomic E-state index is 13.0. The van der Waals surface area contributed by atoms with E-state index in [1.807, 2.05) is 18.2 Å². The highest BCUT2D eigenvalue weighted by atomic mass is 16.2. The molecule has 0 atom stereocenters. The van der Waals surface area contributed by atoms with E-state index in [1.165, 1.54) is 5.56 Å². The molecule has 0 radical (unpaired) electrons. The van der Waals surface area contributed by atoms with Crippen molar-refractivity contribution in [3.63, 3.8) is 0 Å². The van der Waals surface area contributed by atoms with Gasteiger partial charge in [-0.3, -0.25) is 4.79 Å². The van der Waals surface area contributed by atoms with E-state index in [-0.39, 0.29) is 11.3 Å². The largest absolute Gasteiger partial charge is 0.335 e. The molecule has 3 nitrogen and oxygen atoms in total. The lowest BCUT2D eigenvalue weighted by atomic mass is 9.80. The summed E-state index contributed by atoms with van der Waals surface area (Å²) in [4.78, 5) is 15.1. The number of nitrogens with zero attached hydrogens (tertiary/aromatic N) is 1. The van der Waals surface area contributed by atoms with Crippen LogP contribution in [-0.4, -0.2) is 23.4 Å². The van der Waals surface area contributed by atoms with Gasteiger partial charge in [0.25, 0.3) is 0 Å². The molecule has 1 amide bonds. The molecule has 0 unspecified atom stereocenters. The van der Waals surface area contributed by atoms with E-state index in [0.717, 1.165) is 25.7 Å². The normalized spacial score (nSPS) is 15.2. The second-order valence-electron chi connectivity index (χ2n) is 5.84. The second kappa shape index (κ2) is 6.40. The quantitative estimate of drug-likeness (QED) is 0.831. The van der Waals surface area contributed by atoms with Crippen LogP contribution < -0.4 is 5.73 Å². The minimum Gasteiger partial charge on any atom is -0.335 e. The highest BCUT2D eigenvalue weighted by molar-refractivity contribution is 5.83. The summed E-state index contributed by atoms with van der Waals surface area (Å²) in [7, 11) is 0. The Balaban J connectivity index is 2.18. The van der Waals surface area contributed by atoms with Crippen molar-refractivity contribution in [3.8, 4) is 0 Å². The molecule has 0 aliphatic heterocycles. The lowest BCUT2D eigenvalue weighted by Crippen LogP contribution is -2.48. The Morgan fingerprint density at radius 1 is 1.25 bits per heavy atom. The van der Waals surface area contributed by atoms with E-state index in [1.54, 1.807) is 0 Å². The molecule has 1 fully saturated rings. The van der Waals surface area contributed by atoms with Crippen LogP contribution in [0.5, 0.6) is 0 Å². The van der Waals surface area contributed by atoms with Gasteiger partial charge in [-0.2, -0.15) is 0 Å². The van der Waals surface area contributed by atoms with Crippen LogP contribution in [0.2, 0.25) is 0 Å². The highest BCUT2D eigenvalue weighted by Gasteiger charge is 2.42. The van der Waals surface area contributed by atoms with Gasteiger partial charge in [0.2, 0.25) is 5.91 Å². The maximum atomic E-state index is 13.0. The molecule has 0 heterocycles. The van der Waals surface area contributed by atoms with Gasteiger partial charge >= 0.3 is 0 Å². The molecule has 1 aromatic rings. The zero-order valence-electron chi connectivity index (χ0n) is 12.6. The molecule has 0 bridgehead atoms. The third kappa shape index (κ3) is 3.04. The Bertz CT molecular complexity index is 427.